The Morgan fingerprint density at radius 2 is 1.95 bits per heavy atom. The van der Waals surface area contributed by atoms with E-state index < -0.39 is 17.0 Å². The van der Waals surface area contributed by atoms with Crippen molar-refractivity contribution in [3.63, 3.8) is 0 Å². The molecule has 0 fully saturated rings. The van der Waals surface area contributed by atoms with E-state index in [1.165, 1.54) is 37.3 Å². The third-order valence-electron chi connectivity index (χ3n) is 2.50. The molecule has 0 atom stereocenters. The standard InChI is InChI=1S/C12H8F3N3O3/c1-7(18(19)20)6-8-2-4-9(5-3-8)10-16-11(21-17-10)12(13,14)15/h2-6H,1H3. The van der Waals surface area contributed by atoms with Crippen molar-refractivity contribution in [3.05, 3.63) is 51.5 Å². The van der Waals surface area contributed by atoms with Crippen molar-refractivity contribution in [1.82, 2.24) is 10.1 Å². The molecule has 1 heterocycles. The Morgan fingerprint density at radius 3 is 2.43 bits per heavy atom. The van der Waals surface area contributed by atoms with Gasteiger partial charge in [-0.1, -0.05) is 29.4 Å². The van der Waals surface area contributed by atoms with Gasteiger partial charge in [0.05, 0.1) is 4.92 Å². The quantitative estimate of drug-likeness (QED) is 0.641. The highest BCUT2D eigenvalue weighted by atomic mass is 19.4. The number of hydrogen-bond acceptors (Lipinski definition) is 5. The minimum atomic E-state index is -4.70. The molecule has 1 aromatic carbocycles. The highest BCUT2D eigenvalue weighted by molar-refractivity contribution is 5.59. The van der Waals surface area contributed by atoms with Crippen molar-refractivity contribution in [2.45, 2.75) is 13.1 Å². The fourth-order valence-corrected chi connectivity index (χ4v) is 1.48. The van der Waals surface area contributed by atoms with E-state index in [1.54, 1.807) is 0 Å². The van der Waals surface area contributed by atoms with Crippen molar-refractivity contribution in [2.75, 3.05) is 0 Å². The van der Waals surface area contributed by atoms with Crippen LogP contribution in [0.5, 0.6) is 0 Å². The Bertz CT molecular complexity index is 690. The summed E-state index contributed by atoms with van der Waals surface area (Å²) in [7, 11) is 0. The van der Waals surface area contributed by atoms with Crippen LogP contribution in [0.3, 0.4) is 0 Å². The molecule has 6 nitrogen and oxygen atoms in total. The summed E-state index contributed by atoms with van der Waals surface area (Å²) in [6.07, 6.45) is -3.36. The molecule has 110 valence electrons. The summed E-state index contributed by atoms with van der Waals surface area (Å²) in [4.78, 5) is 13.2. The predicted molar refractivity (Wildman–Crippen MR) is 65.4 cm³/mol. The van der Waals surface area contributed by atoms with E-state index >= 15 is 0 Å². The number of aromatic nitrogens is 2. The molecule has 0 N–H and O–H groups in total. The summed E-state index contributed by atoms with van der Waals surface area (Å²) >= 11 is 0. The lowest BCUT2D eigenvalue weighted by Crippen LogP contribution is -2.04. The Labute approximate surface area is 116 Å². The maximum absolute atomic E-state index is 12.3. The van der Waals surface area contributed by atoms with Crippen LogP contribution in [0.1, 0.15) is 18.4 Å². The van der Waals surface area contributed by atoms with Crippen molar-refractivity contribution >= 4 is 6.08 Å². The molecule has 1 aromatic heterocycles. The van der Waals surface area contributed by atoms with E-state index in [0.717, 1.165) is 0 Å². The minimum absolute atomic E-state index is 0.0540. The Balaban J connectivity index is 2.25. The Kier molecular flexibility index (Phi) is 3.74. The zero-order valence-electron chi connectivity index (χ0n) is 10.6. The molecule has 0 amide bonds. The van der Waals surface area contributed by atoms with Crippen LogP contribution in [-0.2, 0) is 6.18 Å². The van der Waals surface area contributed by atoms with Crippen LogP contribution in [-0.4, -0.2) is 15.1 Å². The van der Waals surface area contributed by atoms with Gasteiger partial charge in [-0.2, -0.15) is 18.2 Å². The molecule has 0 aliphatic rings. The number of alkyl halides is 3. The van der Waals surface area contributed by atoms with E-state index in [4.69, 9.17) is 0 Å². The summed E-state index contributed by atoms with van der Waals surface area (Å²) in [5.41, 5.74) is 0.791. The second-order valence-electron chi connectivity index (χ2n) is 4.09. The van der Waals surface area contributed by atoms with Crippen molar-refractivity contribution in [2.24, 2.45) is 0 Å². The molecule has 0 bridgehead atoms. The van der Waals surface area contributed by atoms with Crippen LogP contribution >= 0.6 is 0 Å². The molecule has 2 rings (SSSR count). The lowest BCUT2D eigenvalue weighted by Gasteiger charge is -1.97. The van der Waals surface area contributed by atoms with Crippen LogP contribution in [0.15, 0.2) is 34.5 Å². The monoisotopic (exact) mass is 299 g/mol. The van der Waals surface area contributed by atoms with Crippen LogP contribution in [0.25, 0.3) is 17.5 Å². The van der Waals surface area contributed by atoms with Gasteiger partial charge in [0.25, 0.3) is 0 Å². The molecule has 0 saturated carbocycles. The maximum atomic E-state index is 12.3. The molecule has 9 heteroatoms. The van der Waals surface area contributed by atoms with E-state index in [0.29, 0.717) is 11.1 Å². The SMILES string of the molecule is CC(=Cc1ccc(-c2noc(C(F)(F)F)n2)cc1)[N+](=O)[O-]. The number of halogens is 3. The zero-order valence-corrected chi connectivity index (χ0v) is 10.6. The highest BCUT2D eigenvalue weighted by Crippen LogP contribution is 2.29. The number of allylic oxidation sites excluding steroid dienone is 1. The van der Waals surface area contributed by atoms with Gasteiger partial charge in [-0.25, -0.2) is 0 Å². The first-order valence-electron chi connectivity index (χ1n) is 5.61. The summed E-state index contributed by atoms with van der Waals surface area (Å²) in [6.45, 7) is 1.34. The summed E-state index contributed by atoms with van der Waals surface area (Å²) in [5.74, 6) is -1.63. The molecule has 0 aliphatic heterocycles. The second kappa shape index (κ2) is 5.35. The largest absolute Gasteiger partial charge is 0.471 e. The molecule has 0 saturated heterocycles. The van der Waals surface area contributed by atoms with E-state index in [9.17, 15) is 23.3 Å². The molecule has 0 unspecified atom stereocenters. The van der Waals surface area contributed by atoms with Gasteiger partial charge in [-0.3, -0.25) is 10.1 Å². The van der Waals surface area contributed by atoms with Gasteiger partial charge in [-0.05, 0) is 5.56 Å². The molecule has 0 aliphatic carbocycles. The van der Waals surface area contributed by atoms with Crippen molar-refractivity contribution < 1.29 is 22.6 Å². The maximum Gasteiger partial charge on any atom is 0.471 e. The van der Waals surface area contributed by atoms with Crippen molar-refractivity contribution in [1.29, 1.82) is 0 Å². The molecular weight excluding hydrogens is 291 g/mol. The third-order valence-corrected chi connectivity index (χ3v) is 2.50. The first-order chi connectivity index (χ1) is 9.77. The van der Waals surface area contributed by atoms with Gasteiger partial charge in [-0.15, -0.1) is 0 Å². The minimum Gasteiger partial charge on any atom is -0.329 e. The fourth-order valence-electron chi connectivity index (χ4n) is 1.48. The van der Waals surface area contributed by atoms with Crippen molar-refractivity contribution in [3.8, 4) is 11.4 Å². The zero-order chi connectivity index (χ0) is 15.6. The number of benzene rings is 1. The molecule has 0 spiro atoms. The van der Waals surface area contributed by atoms with Crippen LogP contribution in [0.2, 0.25) is 0 Å². The average Bonchev–Trinajstić information content (AvgIpc) is 2.89. The van der Waals surface area contributed by atoms with E-state index in [-0.39, 0.29) is 11.5 Å². The molecule has 2 aromatic rings. The molecular formula is C12H8F3N3O3. The van der Waals surface area contributed by atoms with Gasteiger partial charge in [0, 0.05) is 18.6 Å². The summed E-state index contributed by atoms with van der Waals surface area (Å²) < 4.78 is 41.1. The summed E-state index contributed by atoms with van der Waals surface area (Å²) in [6, 6.07) is 5.91. The highest BCUT2D eigenvalue weighted by Gasteiger charge is 2.38. The van der Waals surface area contributed by atoms with E-state index in [2.05, 4.69) is 14.7 Å². The average molecular weight is 299 g/mol. The number of hydrogen-bond donors (Lipinski definition) is 0. The lowest BCUT2D eigenvalue weighted by molar-refractivity contribution is -0.422. The van der Waals surface area contributed by atoms with Crippen LogP contribution in [0, 0.1) is 10.1 Å². The smallest absolute Gasteiger partial charge is 0.329 e. The second-order valence-corrected chi connectivity index (χ2v) is 4.09. The Hall–Kier alpha value is -2.71. The predicted octanol–water partition coefficient (Wildman–Crippen LogP) is 3.39. The summed E-state index contributed by atoms with van der Waals surface area (Å²) in [5, 5.41) is 13.7. The van der Waals surface area contributed by atoms with Gasteiger partial charge in [0.1, 0.15) is 0 Å². The third kappa shape index (κ3) is 3.44. The lowest BCUT2D eigenvalue weighted by atomic mass is 10.1. The van der Waals surface area contributed by atoms with Gasteiger partial charge in [0.2, 0.25) is 11.5 Å². The van der Waals surface area contributed by atoms with Gasteiger partial charge < -0.3 is 4.52 Å². The van der Waals surface area contributed by atoms with Gasteiger partial charge >= 0.3 is 12.1 Å². The Morgan fingerprint density at radius 1 is 1.33 bits per heavy atom. The number of nitrogens with zero attached hydrogens (tertiary/aromatic N) is 3. The first kappa shape index (κ1) is 14.7. The van der Waals surface area contributed by atoms with E-state index in [1.807, 2.05) is 0 Å². The van der Waals surface area contributed by atoms with Crippen LogP contribution < -0.4 is 0 Å². The molecule has 0 radical (unpaired) electrons. The van der Waals surface area contributed by atoms with Gasteiger partial charge in [0.15, 0.2) is 0 Å². The number of nitro groups is 1. The first-order valence-corrected chi connectivity index (χ1v) is 5.61. The molecule has 21 heavy (non-hydrogen) atoms. The van der Waals surface area contributed by atoms with Crippen LogP contribution in [0.4, 0.5) is 13.2 Å². The topological polar surface area (TPSA) is 82.1 Å². The number of rotatable bonds is 3. The fraction of sp³-hybridized carbons (Fsp3) is 0.167. The normalized spacial score (nSPS) is 12.5.